The predicted molar refractivity (Wildman–Crippen MR) is 87.2 cm³/mol. The van der Waals surface area contributed by atoms with Gasteiger partial charge in [0, 0.05) is 6.61 Å². The van der Waals surface area contributed by atoms with Crippen LogP contribution in [0.15, 0.2) is 0 Å². The zero-order chi connectivity index (χ0) is 15.6. The van der Waals surface area contributed by atoms with Crippen molar-refractivity contribution < 1.29 is 28.3 Å². The van der Waals surface area contributed by atoms with Crippen LogP contribution in [-0.4, -0.2) is 11.7 Å². The van der Waals surface area contributed by atoms with Gasteiger partial charge in [0.2, 0.25) is 0 Å². The van der Waals surface area contributed by atoms with E-state index in [-0.39, 0.29) is 12.3 Å². The van der Waals surface area contributed by atoms with Crippen LogP contribution in [0.25, 0.3) is 0 Å². The lowest BCUT2D eigenvalue weighted by molar-refractivity contribution is -0.198. The van der Waals surface area contributed by atoms with Crippen LogP contribution in [0, 0.1) is 0 Å². The van der Waals surface area contributed by atoms with E-state index in [2.05, 4.69) is 11.2 Å². The fourth-order valence-corrected chi connectivity index (χ4v) is 2.09. The summed E-state index contributed by atoms with van der Waals surface area (Å²) in [5, 5.41) is 8.57. The monoisotopic (exact) mass is 364 g/mol. The van der Waals surface area contributed by atoms with Gasteiger partial charge in [-0.1, -0.05) is 64.7 Å². The van der Waals surface area contributed by atoms with Gasteiger partial charge in [0.1, 0.15) is 4.31 Å². The summed E-state index contributed by atoms with van der Waals surface area (Å²) in [5.41, 5.74) is 0. The number of quaternary nitrogens is 2. The number of aliphatic hydroxyl groups is 1. The smallest absolute Gasteiger partial charge is 0.543 e. The highest BCUT2D eigenvalue weighted by Gasteiger charge is 2.13. The van der Waals surface area contributed by atoms with Crippen LogP contribution >= 0.6 is 16.5 Å². The third kappa shape index (κ3) is 36.8. The second-order valence-corrected chi connectivity index (χ2v) is 5.98. The summed E-state index contributed by atoms with van der Waals surface area (Å²) in [6.45, 7) is 2.63. The quantitative estimate of drug-likeness (QED) is 0.350. The molecule has 9 N–H and O–H groups in total. The molecular weight excluding hydrogens is 330 g/mol. The Bertz CT molecular complexity index is 226. The number of hydrogen-bond acceptors (Lipinski definition) is 6. The molecule has 2 unspecified atom stereocenters. The summed E-state index contributed by atoms with van der Waals surface area (Å²) in [4.78, 5) is 18.5. The summed E-state index contributed by atoms with van der Waals surface area (Å²) in [7, 11) is -6.47. The van der Waals surface area contributed by atoms with Gasteiger partial charge in [-0.05, 0) is 15.6 Å². The maximum Gasteiger partial charge on any atom is 0.543 e. The predicted octanol–water partition coefficient (Wildman–Crippen LogP) is 3.69. The molecule has 0 aliphatic rings. The highest BCUT2D eigenvalue weighted by molar-refractivity contribution is 7.44. The normalized spacial score (nSPS) is 10.5. The number of hydrogen-bond donors (Lipinski definition) is 3. The summed E-state index contributed by atoms with van der Waals surface area (Å²) < 4.78 is 21.6. The molecule has 0 fully saturated rings. The van der Waals surface area contributed by atoms with Crippen LogP contribution in [0.2, 0.25) is 0 Å². The Morgan fingerprint density at radius 1 is 0.773 bits per heavy atom. The van der Waals surface area contributed by atoms with E-state index >= 15 is 0 Å². The van der Waals surface area contributed by atoms with E-state index in [4.69, 9.17) is 5.11 Å². The first-order valence-corrected chi connectivity index (χ1v) is 9.31. The molecule has 0 aromatic rings. The van der Waals surface area contributed by atoms with Crippen LogP contribution < -0.4 is 22.1 Å². The molecule has 0 aliphatic heterocycles. The van der Waals surface area contributed by atoms with Crippen LogP contribution in [0.3, 0.4) is 0 Å². The lowest BCUT2D eigenvalue weighted by Crippen LogP contribution is -1.90. The Hall–Kier alpha value is -0.0400. The van der Waals surface area contributed by atoms with Crippen molar-refractivity contribution in [1.29, 1.82) is 0 Å². The highest BCUT2D eigenvalue weighted by atomic mass is 31.2. The summed E-state index contributed by atoms with van der Waals surface area (Å²) in [6.07, 6.45) is 13.3. The first kappa shape index (κ1) is 29.9. The van der Waals surface area contributed by atoms with Crippen molar-refractivity contribution >= 4 is 16.5 Å². The van der Waals surface area contributed by atoms with Crippen molar-refractivity contribution in [2.75, 3.05) is 6.61 Å². The van der Waals surface area contributed by atoms with E-state index in [0.717, 1.165) is 6.42 Å². The van der Waals surface area contributed by atoms with Gasteiger partial charge in [-0.3, -0.25) is 0 Å². The van der Waals surface area contributed by atoms with E-state index in [0.29, 0.717) is 6.61 Å². The molecule has 22 heavy (non-hydrogen) atoms. The highest BCUT2D eigenvalue weighted by Crippen LogP contribution is 2.24. The minimum absolute atomic E-state index is 0. The van der Waals surface area contributed by atoms with Gasteiger partial charge in [0.05, 0.1) is 0 Å². The van der Waals surface area contributed by atoms with Crippen molar-refractivity contribution in [3.05, 3.63) is 0 Å². The number of rotatable bonds is 12. The van der Waals surface area contributed by atoms with E-state index in [9.17, 15) is 18.9 Å². The van der Waals surface area contributed by atoms with Gasteiger partial charge in [-0.25, -0.2) is 0 Å². The average molecular weight is 364 g/mol. The van der Waals surface area contributed by atoms with Crippen molar-refractivity contribution in [2.24, 2.45) is 0 Å². The third-order valence-corrected chi connectivity index (χ3v) is 3.71. The Labute approximate surface area is 135 Å². The molecule has 136 valence electrons. The molecule has 0 amide bonds. The molecule has 0 saturated heterocycles. The van der Waals surface area contributed by atoms with Gasteiger partial charge in [0.15, 0.2) is 0 Å². The zero-order valence-electron chi connectivity index (χ0n) is 14.2. The summed E-state index contributed by atoms with van der Waals surface area (Å²) in [5.74, 6) is 0. The largest absolute Gasteiger partial charge is 0.563 e. The van der Waals surface area contributed by atoms with Gasteiger partial charge in [-0.15, -0.1) is 0 Å². The van der Waals surface area contributed by atoms with E-state index < -0.39 is 16.5 Å². The fraction of sp³-hybridized carbons (Fsp3) is 1.00. The molecule has 0 rings (SSSR count). The molecule has 0 radical (unpaired) electrons. The molecular formula is C12H34N2O6P2+2. The molecule has 10 heteroatoms. The lowest BCUT2D eigenvalue weighted by atomic mass is 10.1. The van der Waals surface area contributed by atoms with Crippen LogP contribution in [0.1, 0.15) is 71.1 Å². The second kappa shape index (κ2) is 25.9. The molecule has 0 heterocycles. The van der Waals surface area contributed by atoms with E-state index in [1.807, 2.05) is 0 Å². The SMILES string of the molecule is CCCCCCCCCCCCO.O=[P+]([O-])O[P+](=O)[O-].[NH4+].[NH4+]. The van der Waals surface area contributed by atoms with E-state index in [1.165, 1.54) is 57.8 Å². The van der Waals surface area contributed by atoms with Gasteiger partial charge >= 0.3 is 16.5 Å². The van der Waals surface area contributed by atoms with Crippen molar-refractivity contribution in [3.63, 3.8) is 0 Å². The first-order valence-electron chi connectivity index (χ1n) is 7.12. The molecule has 0 aromatic heterocycles. The summed E-state index contributed by atoms with van der Waals surface area (Å²) in [6, 6.07) is 0. The molecule has 0 spiro atoms. The maximum atomic E-state index is 9.24. The van der Waals surface area contributed by atoms with Crippen LogP contribution in [0.5, 0.6) is 0 Å². The molecule has 2 atom stereocenters. The van der Waals surface area contributed by atoms with Crippen molar-refractivity contribution in [2.45, 2.75) is 71.1 Å². The van der Waals surface area contributed by atoms with Gasteiger partial charge < -0.3 is 27.2 Å². The van der Waals surface area contributed by atoms with Gasteiger partial charge in [0.25, 0.3) is 0 Å². The third-order valence-electron chi connectivity index (χ3n) is 2.65. The lowest BCUT2D eigenvalue weighted by Gasteiger charge is -2.00. The fourth-order valence-electron chi connectivity index (χ4n) is 1.65. The molecule has 0 aromatic carbocycles. The maximum absolute atomic E-state index is 9.24. The standard InChI is InChI=1S/C12H26O.2H3N.O5P2/c1-2-3-4-5-6-7-8-9-10-11-12-13;;;1-6(2)5-7(3)4/h13H,2-12H2,1H3;2*1H3;/p+2. The van der Waals surface area contributed by atoms with E-state index in [1.54, 1.807) is 0 Å². The number of aliphatic hydroxyl groups excluding tert-OH is 1. The molecule has 0 aliphatic carbocycles. The Balaban J connectivity index is -0.000000156. The zero-order valence-corrected chi connectivity index (χ0v) is 15.9. The second-order valence-electron chi connectivity index (χ2n) is 4.43. The topological polar surface area (TPSA) is 183 Å². The Kier molecular flexibility index (Phi) is 35.2. The molecule has 0 bridgehead atoms. The van der Waals surface area contributed by atoms with Gasteiger partial charge in [-0.2, -0.15) is 0 Å². The minimum atomic E-state index is -3.24. The Morgan fingerprint density at radius 2 is 1.09 bits per heavy atom. The van der Waals surface area contributed by atoms with Crippen molar-refractivity contribution in [3.8, 4) is 0 Å². The summed E-state index contributed by atoms with van der Waals surface area (Å²) >= 11 is 0. The van der Waals surface area contributed by atoms with Crippen molar-refractivity contribution in [1.82, 2.24) is 12.3 Å². The van der Waals surface area contributed by atoms with Crippen LogP contribution in [0.4, 0.5) is 0 Å². The van der Waals surface area contributed by atoms with Crippen LogP contribution in [-0.2, 0) is 13.4 Å². The average Bonchev–Trinajstić information content (AvgIpc) is 2.36. The molecule has 8 nitrogen and oxygen atoms in total. The minimum Gasteiger partial charge on any atom is -0.563 e. The first-order chi connectivity index (χ1) is 9.54. The molecule has 0 saturated carbocycles. The Morgan fingerprint density at radius 3 is 1.32 bits per heavy atom. The number of unbranched alkanes of at least 4 members (excludes halogenated alkanes) is 9.